The van der Waals surface area contributed by atoms with Crippen LogP contribution in [0.2, 0.25) is 0 Å². The van der Waals surface area contributed by atoms with E-state index in [2.05, 4.69) is 108 Å². The molecule has 0 N–H and O–H groups in total. The number of hydrogen-bond donors (Lipinski definition) is 0. The Balaban J connectivity index is 1.72. The van der Waals surface area contributed by atoms with E-state index < -0.39 is 0 Å². The SMILES string of the molecule is c1ccc(-c2cccc(-c3ccccc3)c2-c2sc(-c3cocn3)c3ccccc23)cc1. The Morgan fingerprint density at radius 2 is 1.12 bits per heavy atom. The van der Waals surface area contributed by atoms with Crippen molar-refractivity contribution in [2.24, 2.45) is 0 Å². The van der Waals surface area contributed by atoms with Gasteiger partial charge in [0.2, 0.25) is 0 Å². The summed E-state index contributed by atoms with van der Waals surface area (Å²) in [6.45, 7) is 0. The van der Waals surface area contributed by atoms with E-state index in [0.29, 0.717) is 0 Å². The van der Waals surface area contributed by atoms with Crippen molar-refractivity contribution in [1.82, 2.24) is 4.98 Å². The fourth-order valence-corrected chi connectivity index (χ4v) is 5.61. The van der Waals surface area contributed by atoms with Crippen molar-refractivity contribution in [3.8, 4) is 43.3 Å². The molecule has 0 amide bonds. The third-order valence-corrected chi connectivity index (χ3v) is 7.01. The Kier molecular flexibility index (Phi) is 4.67. The number of rotatable bonds is 4. The van der Waals surface area contributed by atoms with Crippen molar-refractivity contribution in [2.45, 2.75) is 0 Å². The first-order valence-corrected chi connectivity index (χ1v) is 11.4. The van der Waals surface area contributed by atoms with Gasteiger partial charge in [0.15, 0.2) is 6.39 Å². The fourth-order valence-electron chi connectivity index (χ4n) is 4.31. The standard InChI is InChI=1S/C29H19NOS/c1-3-10-20(11-4-1)22-16-9-17-23(21-12-5-2-6-13-21)27(22)29-25-15-8-7-14-24(25)28(32-29)26-18-31-19-30-26/h1-19H. The molecule has 0 aliphatic heterocycles. The Bertz CT molecular complexity index is 1440. The molecule has 6 aromatic rings. The number of aromatic nitrogens is 1. The lowest BCUT2D eigenvalue weighted by Gasteiger charge is -2.15. The molecule has 0 radical (unpaired) electrons. The average Bonchev–Trinajstić information content (AvgIpc) is 3.53. The maximum absolute atomic E-state index is 5.31. The van der Waals surface area contributed by atoms with Crippen LogP contribution in [0.5, 0.6) is 0 Å². The van der Waals surface area contributed by atoms with Crippen LogP contribution >= 0.6 is 11.3 Å². The van der Waals surface area contributed by atoms with Crippen molar-refractivity contribution in [3.05, 3.63) is 116 Å². The molecule has 2 nitrogen and oxygen atoms in total. The van der Waals surface area contributed by atoms with Gasteiger partial charge < -0.3 is 4.42 Å². The Morgan fingerprint density at radius 1 is 0.562 bits per heavy atom. The van der Waals surface area contributed by atoms with Gasteiger partial charge in [-0.15, -0.1) is 11.3 Å². The van der Waals surface area contributed by atoms with Crippen LogP contribution in [-0.2, 0) is 0 Å². The topological polar surface area (TPSA) is 26.0 Å². The van der Waals surface area contributed by atoms with Crippen molar-refractivity contribution in [2.75, 3.05) is 0 Å². The second-order valence-electron chi connectivity index (χ2n) is 7.64. The number of nitrogens with zero attached hydrogens (tertiary/aromatic N) is 1. The maximum Gasteiger partial charge on any atom is 0.181 e. The number of fused-ring (bicyclic) bond motifs is 1. The first kappa shape index (κ1) is 18.8. The molecule has 0 atom stereocenters. The number of hydrogen-bond acceptors (Lipinski definition) is 3. The van der Waals surface area contributed by atoms with Gasteiger partial charge in [-0.1, -0.05) is 103 Å². The van der Waals surface area contributed by atoms with Crippen LogP contribution in [0.3, 0.4) is 0 Å². The molecular formula is C29H19NOS. The van der Waals surface area contributed by atoms with E-state index in [1.54, 1.807) is 17.6 Å². The van der Waals surface area contributed by atoms with E-state index in [0.717, 1.165) is 10.6 Å². The molecule has 0 spiro atoms. The van der Waals surface area contributed by atoms with Gasteiger partial charge >= 0.3 is 0 Å². The predicted molar refractivity (Wildman–Crippen MR) is 134 cm³/mol. The van der Waals surface area contributed by atoms with Gasteiger partial charge in [0.25, 0.3) is 0 Å². The summed E-state index contributed by atoms with van der Waals surface area (Å²) >= 11 is 1.78. The highest BCUT2D eigenvalue weighted by Crippen LogP contribution is 2.49. The van der Waals surface area contributed by atoms with Crippen molar-refractivity contribution < 1.29 is 4.42 Å². The lowest BCUT2D eigenvalue weighted by Crippen LogP contribution is -1.89. The Labute approximate surface area is 190 Å². The lowest BCUT2D eigenvalue weighted by molar-refractivity contribution is 0.558. The molecular weight excluding hydrogens is 410 g/mol. The summed E-state index contributed by atoms with van der Waals surface area (Å²) in [7, 11) is 0. The van der Waals surface area contributed by atoms with E-state index in [1.807, 2.05) is 0 Å². The normalized spacial score (nSPS) is 11.1. The molecule has 152 valence electrons. The van der Waals surface area contributed by atoms with Gasteiger partial charge in [0.1, 0.15) is 12.0 Å². The van der Waals surface area contributed by atoms with Gasteiger partial charge in [-0.3, -0.25) is 0 Å². The molecule has 0 bridgehead atoms. The highest BCUT2D eigenvalue weighted by Gasteiger charge is 2.21. The second-order valence-corrected chi connectivity index (χ2v) is 8.66. The van der Waals surface area contributed by atoms with Crippen LogP contribution in [-0.4, -0.2) is 4.98 Å². The molecule has 2 heterocycles. The molecule has 4 aromatic carbocycles. The van der Waals surface area contributed by atoms with Gasteiger partial charge in [-0.25, -0.2) is 4.98 Å². The fraction of sp³-hybridized carbons (Fsp3) is 0. The third-order valence-electron chi connectivity index (χ3n) is 5.75. The molecule has 0 unspecified atom stereocenters. The van der Waals surface area contributed by atoms with Crippen molar-refractivity contribution >= 4 is 22.1 Å². The molecule has 0 saturated heterocycles. The molecule has 32 heavy (non-hydrogen) atoms. The number of benzene rings is 4. The van der Waals surface area contributed by atoms with Gasteiger partial charge in [-0.2, -0.15) is 0 Å². The summed E-state index contributed by atoms with van der Waals surface area (Å²) in [6.07, 6.45) is 3.22. The smallest absolute Gasteiger partial charge is 0.181 e. The molecule has 0 fully saturated rings. The second kappa shape index (κ2) is 7.95. The monoisotopic (exact) mass is 429 g/mol. The molecule has 0 aliphatic carbocycles. The van der Waals surface area contributed by atoms with E-state index >= 15 is 0 Å². The van der Waals surface area contributed by atoms with Crippen LogP contribution < -0.4 is 0 Å². The van der Waals surface area contributed by atoms with Crippen LogP contribution in [0.4, 0.5) is 0 Å². The summed E-state index contributed by atoms with van der Waals surface area (Å²) in [5, 5.41) is 2.43. The largest absolute Gasteiger partial charge is 0.451 e. The summed E-state index contributed by atoms with van der Waals surface area (Å²) in [6, 6.07) is 36.4. The summed E-state index contributed by atoms with van der Waals surface area (Å²) in [5.41, 5.74) is 6.99. The highest BCUT2D eigenvalue weighted by molar-refractivity contribution is 7.21. The molecule has 2 aromatic heterocycles. The van der Waals surface area contributed by atoms with E-state index in [4.69, 9.17) is 4.42 Å². The summed E-state index contributed by atoms with van der Waals surface area (Å²) < 4.78 is 5.31. The Morgan fingerprint density at radius 3 is 1.69 bits per heavy atom. The zero-order valence-electron chi connectivity index (χ0n) is 17.2. The number of thiophene rings is 1. The molecule has 6 rings (SSSR count). The molecule has 0 aliphatic rings. The summed E-state index contributed by atoms with van der Waals surface area (Å²) in [5.74, 6) is 0. The first-order valence-electron chi connectivity index (χ1n) is 10.5. The quantitative estimate of drug-likeness (QED) is 0.280. The Hall–Kier alpha value is -3.95. The van der Waals surface area contributed by atoms with Crippen molar-refractivity contribution in [1.29, 1.82) is 0 Å². The molecule has 3 heteroatoms. The highest BCUT2D eigenvalue weighted by atomic mass is 32.1. The van der Waals surface area contributed by atoms with E-state index in [9.17, 15) is 0 Å². The first-order chi connectivity index (χ1) is 15.9. The van der Waals surface area contributed by atoms with E-state index in [-0.39, 0.29) is 0 Å². The van der Waals surface area contributed by atoms with Crippen molar-refractivity contribution in [3.63, 3.8) is 0 Å². The van der Waals surface area contributed by atoms with Gasteiger partial charge in [0, 0.05) is 21.2 Å². The number of oxazole rings is 1. The minimum atomic E-state index is 0.871. The zero-order chi connectivity index (χ0) is 21.3. The summed E-state index contributed by atoms with van der Waals surface area (Å²) in [4.78, 5) is 6.83. The zero-order valence-corrected chi connectivity index (χ0v) is 18.0. The minimum absolute atomic E-state index is 0.871. The van der Waals surface area contributed by atoms with Crippen LogP contribution in [0.15, 0.2) is 120 Å². The third kappa shape index (κ3) is 3.15. The van der Waals surface area contributed by atoms with Gasteiger partial charge in [0.05, 0.1) is 4.88 Å². The average molecular weight is 430 g/mol. The predicted octanol–water partition coefficient (Wildman–Crippen LogP) is 8.56. The van der Waals surface area contributed by atoms with Crippen LogP contribution in [0.25, 0.3) is 54.0 Å². The van der Waals surface area contributed by atoms with Gasteiger partial charge in [-0.05, 0) is 22.3 Å². The van der Waals surface area contributed by atoms with Crippen LogP contribution in [0.1, 0.15) is 0 Å². The lowest BCUT2D eigenvalue weighted by atomic mass is 9.90. The maximum atomic E-state index is 5.31. The minimum Gasteiger partial charge on any atom is -0.451 e. The van der Waals surface area contributed by atoms with E-state index in [1.165, 1.54) is 49.9 Å². The molecule has 0 saturated carbocycles. The van der Waals surface area contributed by atoms with Crippen LogP contribution in [0, 0.1) is 0 Å².